The monoisotopic (exact) mass is 276 g/mol. The molecule has 0 saturated carbocycles. The summed E-state index contributed by atoms with van der Waals surface area (Å²) >= 11 is 0. The van der Waals surface area contributed by atoms with Gasteiger partial charge in [0, 0.05) is 18.7 Å². The molecule has 3 N–H and O–H groups in total. The van der Waals surface area contributed by atoms with E-state index in [1.165, 1.54) is 24.3 Å². The fourth-order valence-corrected chi connectivity index (χ4v) is 1.44. The molecule has 1 heterocycles. The summed E-state index contributed by atoms with van der Waals surface area (Å²) in [6.45, 7) is 2.31. The lowest BCUT2D eigenvalue weighted by Gasteiger charge is -2.05. The Kier molecular flexibility index (Phi) is 4.09. The molecular formula is C13H13FN4O2. The van der Waals surface area contributed by atoms with Crippen molar-refractivity contribution in [3.63, 3.8) is 0 Å². The van der Waals surface area contributed by atoms with Gasteiger partial charge in [-0.15, -0.1) is 10.2 Å². The number of nitrogens with one attached hydrogen (secondary N) is 1. The standard InChI is InChI=1S/C13H13FN4O2/c1-2-16-13(19)11-5-6-12(18-17-11)20-8-3-4-10(15)9(14)7-8/h3-7H,2,15H2,1H3,(H,16,19). The van der Waals surface area contributed by atoms with Gasteiger partial charge in [-0.05, 0) is 25.1 Å². The molecule has 6 nitrogen and oxygen atoms in total. The Morgan fingerprint density at radius 1 is 1.35 bits per heavy atom. The second kappa shape index (κ2) is 5.96. The van der Waals surface area contributed by atoms with Crippen LogP contribution < -0.4 is 15.8 Å². The zero-order chi connectivity index (χ0) is 14.5. The lowest BCUT2D eigenvalue weighted by molar-refractivity contribution is 0.0949. The number of ether oxygens (including phenoxy) is 1. The number of halogens is 1. The van der Waals surface area contributed by atoms with Crippen molar-refractivity contribution in [1.82, 2.24) is 15.5 Å². The topological polar surface area (TPSA) is 90.1 Å². The van der Waals surface area contributed by atoms with E-state index in [-0.39, 0.29) is 28.9 Å². The van der Waals surface area contributed by atoms with Crippen LogP contribution in [0, 0.1) is 5.82 Å². The van der Waals surface area contributed by atoms with Crippen molar-refractivity contribution in [3.8, 4) is 11.6 Å². The number of amides is 1. The summed E-state index contributed by atoms with van der Waals surface area (Å²) in [6.07, 6.45) is 0. The number of carbonyl (C=O) groups excluding carboxylic acids is 1. The van der Waals surface area contributed by atoms with Crippen molar-refractivity contribution in [3.05, 3.63) is 41.8 Å². The van der Waals surface area contributed by atoms with Gasteiger partial charge >= 0.3 is 0 Å². The molecule has 0 fully saturated rings. The van der Waals surface area contributed by atoms with E-state index in [4.69, 9.17) is 10.5 Å². The van der Waals surface area contributed by atoms with Crippen molar-refractivity contribution in [1.29, 1.82) is 0 Å². The maximum atomic E-state index is 13.2. The van der Waals surface area contributed by atoms with Gasteiger partial charge in [-0.25, -0.2) is 4.39 Å². The third-order valence-electron chi connectivity index (χ3n) is 2.40. The van der Waals surface area contributed by atoms with E-state index < -0.39 is 5.82 Å². The molecule has 0 unspecified atom stereocenters. The Hall–Kier alpha value is -2.70. The highest BCUT2D eigenvalue weighted by Crippen LogP contribution is 2.22. The molecule has 0 aliphatic heterocycles. The van der Waals surface area contributed by atoms with E-state index in [2.05, 4.69) is 15.5 Å². The van der Waals surface area contributed by atoms with Crippen LogP contribution in [-0.2, 0) is 0 Å². The van der Waals surface area contributed by atoms with Crippen LogP contribution in [0.1, 0.15) is 17.4 Å². The van der Waals surface area contributed by atoms with Crippen LogP contribution in [0.4, 0.5) is 10.1 Å². The Bertz CT molecular complexity index is 616. The molecule has 2 aromatic rings. The van der Waals surface area contributed by atoms with Crippen LogP contribution in [0.3, 0.4) is 0 Å². The smallest absolute Gasteiger partial charge is 0.271 e. The fourth-order valence-electron chi connectivity index (χ4n) is 1.44. The predicted octanol–water partition coefficient (Wildman–Crippen LogP) is 1.74. The van der Waals surface area contributed by atoms with Gasteiger partial charge in [-0.2, -0.15) is 0 Å². The second-order valence-corrected chi connectivity index (χ2v) is 3.90. The van der Waals surface area contributed by atoms with Gasteiger partial charge in [-0.1, -0.05) is 0 Å². The molecule has 0 atom stereocenters. The number of benzene rings is 1. The average Bonchev–Trinajstić information content (AvgIpc) is 2.44. The quantitative estimate of drug-likeness (QED) is 0.830. The molecule has 1 amide bonds. The zero-order valence-corrected chi connectivity index (χ0v) is 10.8. The number of rotatable bonds is 4. The van der Waals surface area contributed by atoms with Crippen molar-refractivity contribution in [2.75, 3.05) is 12.3 Å². The molecule has 0 radical (unpaired) electrons. The largest absolute Gasteiger partial charge is 0.437 e. The summed E-state index contributed by atoms with van der Waals surface area (Å²) < 4.78 is 18.6. The Labute approximate surface area is 114 Å². The van der Waals surface area contributed by atoms with Crippen LogP contribution in [0.5, 0.6) is 11.6 Å². The maximum absolute atomic E-state index is 13.2. The molecular weight excluding hydrogens is 263 g/mol. The molecule has 0 aliphatic rings. The molecule has 20 heavy (non-hydrogen) atoms. The van der Waals surface area contributed by atoms with E-state index in [0.717, 1.165) is 6.07 Å². The van der Waals surface area contributed by atoms with E-state index in [0.29, 0.717) is 6.54 Å². The lowest BCUT2D eigenvalue weighted by Crippen LogP contribution is -2.23. The van der Waals surface area contributed by atoms with Crippen molar-refractivity contribution in [2.24, 2.45) is 0 Å². The van der Waals surface area contributed by atoms with Crippen molar-refractivity contribution >= 4 is 11.6 Å². The average molecular weight is 276 g/mol. The summed E-state index contributed by atoms with van der Waals surface area (Å²) in [5.74, 6) is -0.488. The SMILES string of the molecule is CCNC(=O)c1ccc(Oc2ccc(N)c(F)c2)nn1. The van der Waals surface area contributed by atoms with Crippen LogP contribution in [0.25, 0.3) is 0 Å². The fraction of sp³-hybridized carbons (Fsp3) is 0.154. The van der Waals surface area contributed by atoms with Crippen molar-refractivity contribution < 1.29 is 13.9 Å². The Morgan fingerprint density at radius 2 is 2.15 bits per heavy atom. The first-order chi connectivity index (χ1) is 9.60. The number of nitrogens with two attached hydrogens (primary N) is 1. The summed E-state index contributed by atoms with van der Waals surface area (Å²) in [6, 6.07) is 7.00. The summed E-state index contributed by atoms with van der Waals surface area (Å²) in [5, 5.41) is 10.1. The third-order valence-corrected chi connectivity index (χ3v) is 2.40. The molecule has 1 aromatic carbocycles. The van der Waals surface area contributed by atoms with Gasteiger partial charge in [-0.3, -0.25) is 4.79 Å². The first kappa shape index (κ1) is 13.7. The number of nitrogen functional groups attached to an aromatic ring is 1. The number of hydrogen-bond donors (Lipinski definition) is 2. The van der Waals surface area contributed by atoms with Crippen LogP contribution >= 0.6 is 0 Å². The third kappa shape index (κ3) is 3.19. The van der Waals surface area contributed by atoms with E-state index in [1.807, 2.05) is 0 Å². The van der Waals surface area contributed by atoms with E-state index in [9.17, 15) is 9.18 Å². The van der Waals surface area contributed by atoms with Gasteiger partial charge in [0.25, 0.3) is 5.91 Å². The minimum Gasteiger partial charge on any atom is -0.437 e. The Morgan fingerprint density at radius 3 is 2.75 bits per heavy atom. The zero-order valence-electron chi connectivity index (χ0n) is 10.8. The van der Waals surface area contributed by atoms with Crippen LogP contribution in [0.15, 0.2) is 30.3 Å². The number of hydrogen-bond acceptors (Lipinski definition) is 5. The summed E-state index contributed by atoms with van der Waals surface area (Å²) in [4.78, 5) is 11.5. The predicted molar refractivity (Wildman–Crippen MR) is 70.9 cm³/mol. The number of carbonyl (C=O) groups is 1. The minimum absolute atomic E-state index is 0.0371. The highest BCUT2D eigenvalue weighted by molar-refractivity contribution is 5.91. The molecule has 104 valence electrons. The first-order valence-electron chi connectivity index (χ1n) is 5.95. The molecule has 0 saturated heterocycles. The maximum Gasteiger partial charge on any atom is 0.271 e. The first-order valence-corrected chi connectivity index (χ1v) is 5.95. The highest BCUT2D eigenvalue weighted by atomic mass is 19.1. The second-order valence-electron chi connectivity index (χ2n) is 3.90. The highest BCUT2D eigenvalue weighted by Gasteiger charge is 2.08. The normalized spacial score (nSPS) is 10.1. The molecule has 0 spiro atoms. The number of nitrogens with zero attached hydrogens (tertiary/aromatic N) is 2. The molecule has 0 bridgehead atoms. The van der Waals surface area contributed by atoms with Crippen LogP contribution in [0.2, 0.25) is 0 Å². The van der Waals surface area contributed by atoms with E-state index in [1.54, 1.807) is 6.92 Å². The number of anilines is 1. The molecule has 1 aromatic heterocycles. The van der Waals surface area contributed by atoms with Gasteiger partial charge in [0.1, 0.15) is 11.6 Å². The summed E-state index contributed by atoms with van der Waals surface area (Å²) in [7, 11) is 0. The minimum atomic E-state index is -0.575. The molecule has 2 rings (SSSR count). The number of aromatic nitrogens is 2. The summed E-state index contributed by atoms with van der Waals surface area (Å²) in [5.41, 5.74) is 5.58. The Balaban J connectivity index is 2.10. The van der Waals surface area contributed by atoms with Crippen molar-refractivity contribution in [2.45, 2.75) is 6.92 Å². The van der Waals surface area contributed by atoms with Gasteiger partial charge in [0.05, 0.1) is 5.69 Å². The lowest BCUT2D eigenvalue weighted by atomic mass is 10.3. The van der Waals surface area contributed by atoms with Gasteiger partial charge in [0.15, 0.2) is 5.69 Å². The molecule has 7 heteroatoms. The van der Waals surface area contributed by atoms with E-state index >= 15 is 0 Å². The molecule has 0 aliphatic carbocycles. The van der Waals surface area contributed by atoms with Crippen LogP contribution in [-0.4, -0.2) is 22.6 Å². The van der Waals surface area contributed by atoms with Gasteiger partial charge < -0.3 is 15.8 Å². The van der Waals surface area contributed by atoms with Gasteiger partial charge in [0.2, 0.25) is 5.88 Å².